The Bertz CT molecular complexity index is 4720. The van der Waals surface area contributed by atoms with Crippen LogP contribution >= 0.6 is 0 Å². The zero-order chi connectivity index (χ0) is 74.3. The zero-order valence-electron chi connectivity index (χ0n) is 61.3. The number of aliphatic hydroxyl groups is 2. The molecule has 4 atom stereocenters. The van der Waals surface area contributed by atoms with Crippen LogP contribution in [0.2, 0.25) is 0 Å². The molecule has 4 spiro atoms. The minimum absolute atomic E-state index is 0.0586. The first-order valence-electron chi connectivity index (χ1n) is 37.0. The Morgan fingerprint density at radius 3 is 1.26 bits per heavy atom. The molecule has 19 nitrogen and oxygen atoms in total. The van der Waals surface area contributed by atoms with Gasteiger partial charge in [-0.25, -0.2) is 36.4 Å². The smallest absolute Gasteiger partial charge is 0.410 e. The monoisotopic (exact) mass is 1470 g/mol. The summed E-state index contributed by atoms with van der Waals surface area (Å²) in [5, 5.41) is 25.2. The molecule has 3 amide bonds. The average Bonchev–Trinajstić information content (AvgIpc) is 1.60. The molecular weight excluding hydrogens is 1370 g/mol. The van der Waals surface area contributed by atoms with Crippen LogP contribution in [-0.2, 0) is 47.8 Å². The predicted octanol–water partition coefficient (Wildman–Crippen LogP) is 13.7. The van der Waals surface area contributed by atoms with Gasteiger partial charge in [0.2, 0.25) is 0 Å². The van der Waals surface area contributed by atoms with Gasteiger partial charge in [0.25, 0.3) is 0 Å². The van der Waals surface area contributed by atoms with Gasteiger partial charge in [0, 0.05) is 53.0 Å². The lowest BCUT2D eigenvalue weighted by atomic mass is 9.72. The second-order valence-electron chi connectivity index (χ2n) is 30.4. The number of nitrogens with one attached hydrogen (secondary N) is 2. The summed E-state index contributed by atoms with van der Waals surface area (Å²) in [5.74, 6) is 1.21. The summed E-state index contributed by atoms with van der Waals surface area (Å²) in [5.41, 5.74) is 13.4. The molecule has 0 bridgehead atoms. The number of hydrogen-bond acceptors (Lipinski definition) is 16. The highest BCUT2D eigenvalue weighted by Gasteiger charge is 2.51. The number of nitrogens with zero attached hydrogens (tertiary/aromatic N) is 8. The molecule has 0 saturated carbocycles. The minimum Gasteiger partial charge on any atom is -0.410 e. The normalized spacial score (nSPS) is 21.4. The van der Waals surface area contributed by atoms with Gasteiger partial charge in [-0.15, -0.1) is 0 Å². The molecule has 4 aliphatic carbocycles. The fourth-order valence-electron chi connectivity index (χ4n) is 17.5. The van der Waals surface area contributed by atoms with Gasteiger partial charge in [-0.1, -0.05) is 176 Å². The Morgan fingerprint density at radius 1 is 0.434 bits per heavy atom. The van der Waals surface area contributed by atoms with Gasteiger partial charge < -0.3 is 34.5 Å². The van der Waals surface area contributed by atoms with E-state index in [1.807, 2.05) is 109 Å². The van der Waals surface area contributed by atoms with Crippen LogP contribution in [0.25, 0.3) is 22.5 Å². The molecule has 4 unspecified atom stereocenters. The number of amides is 3. The molecule has 554 valence electrons. The van der Waals surface area contributed by atoms with Crippen LogP contribution in [0, 0.1) is 0 Å². The lowest BCUT2D eigenvalue weighted by Gasteiger charge is -2.41. The third-order valence-electron chi connectivity index (χ3n) is 23.7. The fraction of sp³-hybridized carbons (Fsp3) is 0.388. The number of likely N-dealkylation sites (tertiary alicyclic amines) is 4. The number of aromatic nitrogens is 4. The van der Waals surface area contributed by atoms with Crippen molar-refractivity contribution >= 4 is 43.4 Å². The van der Waals surface area contributed by atoms with Gasteiger partial charge in [0.15, 0.2) is 31.3 Å². The summed E-state index contributed by atoms with van der Waals surface area (Å²) < 4.78 is 54.1. The van der Waals surface area contributed by atoms with Gasteiger partial charge in [0.1, 0.15) is 5.75 Å². The first-order chi connectivity index (χ1) is 51.0. The van der Waals surface area contributed by atoms with Crippen molar-refractivity contribution in [3.8, 4) is 28.3 Å². The van der Waals surface area contributed by atoms with Crippen molar-refractivity contribution in [1.29, 1.82) is 0 Å². The van der Waals surface area contributed by atoms with E-state index in [1.54, 1.807) is 47.8 Å². The number of aliphatic hydroxyl groups excluding tert-OH is 2. The molecule has 0 radical (unpaired) electrons. The van der Waals surface area contributed by atoms with E-state index in [4.69, 9.17) is 4.74 Å². The zero-order valence-corrected chi connectivity index (χ0v) is 62.9. The number of anilines is 2. The Balaban J connectivity index is 0.000000121. The Kier molecular flexibility index (Phi) is 22.8. The molecule has 8 aliphatic rings. The number of urea groups is 1. The molecule has 4 fully saturated rings. The van der Waals surface area contributed by atoms with Crippen molar-refractivity contribution in [1.82, 2.24) is 39.5 Å². The highest BCUT2D eigenvalue weighted by molar-refractivity contribution is 7.91. The third kappa shape index (κ3) is 16.7. The number of rotatable bonds is 7. The summed E-state index contributed by atoms with van der Waals surface area (Å²) in [4.78, 5) is 50.6. The van der Waals surface area contributed by atoms with E-state index in [0.717, 1.165) is 136 Å². The fourth-order valence-corrected chi connectivity index (χ4v) is 20.1. The largest absolute Gasteiger partial charge is 0.418 e. The molecule has 106 heavy (non-hydrogen) atoms. The number of sulfone groups is 2. The van der Waals surface area contributed by atoms with Crippen LogP contribution in [0.5, 0.6) is 5.75 Å². The van der Waals surface area contributed by atoms with E-state index in [0.29, 0.717) is 36.9 Å². The molecule has 17 rings (SSSR count). The van der Waals surface area contributed by atoms with Gasteiger partial charge in [-0.3, -0.25) is 20.6 Å². The van der Waals surface area contributed by atoms with Crippen molar-refractivity contribution in [2.75, 3.05) is 96.6 Å². The first kappa shape index (κ1) is 75.2. The van der Waals surface area contributed by atoms with Crippen molar-refractivity contribution in [2.24, 2.45) is 0 Å². The van der Waals surface area contributed by atoms with Crippen LogP contribution in [0.1, 0.15) is 132 Å². The van der Waals surface area contributed by atoms with Gasteiger partial charge >= 0.3 is 12.1 Å². The van der Waals surface area contributed by atoms with Crippen molar-refractivity contribution in [3.05, 3.63) is 257 Å². The molecule has 4 N–H and O–H groups in total. The number of hydrogen-bond donors (Lipinski definition) is 4. The van der Waals surface area contributed by atoms with E-state index >= 15 is 0 Å². The Morgan fingerprint density at radius 2 is 0.811 bits per heavy atom. The predicted molar refractivity (Wildman–Crippen MR) is 417 cm³/mol. The van der Waals surface area contributed by atoms with E-state index in [1.165, 1.54) is 59.4 Å². The summed E-state index contributed by atoms with van der Waals surface area (Å²) in [7, 11) is 0.280. The van der Waals surface area contributed by atoms with E-state index in [9.17, 15) is 36.6 Å². The third-order valence-corrected chi connectivity index (χ3v) is 26.6. The van der Waals surface area contributed by atoms with E-state index in [-0.39, 0.29) is 45.1 Å². The van der Waals surface area contributed by atoms with Crippen molar-refractivity contribution < 1.29 is 41.4 Å². The number of fused-ring (bicyclic) bond motifs is 8. The molecule has 6 heterocycles. The molecular formula is C85H98N10O9S2. The summed E-state index contributed by atoms with van der Waals surface area (Å²) in [6.45, 7) is 7.76. The molecule has 2 aromatic heterocycles. The van der Waals surface area contributed by atoms with E-state index < -0.39 is 31.0 Å². The maximum absolute atomic E-state index is 12.8. The van der Waals surface area contributed by atoms with Crippen LogP contribution < -0.4 is 15.4 Å². The highest BCUT2D eigenvalue weighted by atomic mass is 32.2. The highest BCUT2D eigenvalue weighted by Crippen LogP contribution is 2.56. The van der Waals surface area contributed by atoms with Gasteiger partial charge in [0.05, 0.1) is 58.9 Å². The average molecular weight is 1470 g/mol. The second kappa shape index (κ2) is 32.2. The maximum atomic E-state index is 12.8. The Hall–Kier alpha value is -9.06. The number of para-hydroxylation sites is 1. The number of ether oxygens (including phenoxy) is 1. The molecule has 9 aromatic rings. The van der Waals surface area contributed by atoms with E-state index in [2.05, 4.69) is 121 Å². The second-order valence-corrected chi connectivity index (χ2v) is 34.8. The Labute approximate surface area is 624 Å². The number of benzene rings is 7. The topological polar surface area (TPSA) is 241 Å². The molecule has 4 aliphatic heterocycles. The van der Waals surface area contributed by atoms with Gasteiger partial charge in [-0.2, -0.15) is 0 Å². The first-order valence-corrected chi connectivity index (χ1v) is 40.9. The van der Waals surface area contributed by atoms with Crippen LogP contribution in [0.4, 0.5) is 21.2 Å². The maximum Gasteiger partial charge on any atom is 0.418 e. The lowest BCUT2D eigenvalue weighted by Crippen LogP contribution is -2.46. The standard InChI is InChI=1S/C25H26N4O3S.C17H13N3O2.C15H21NO2S.2C14H19NO/c1-33(31,32)22-15-25(20-10-6-5-9-19(20)22)11-13-29(14-12-25)24(30)28-23-17-26-21(16-27-23)18-7-3-2-4-8-18;21-17(22-14-9-5-2-6-10-14)20-16-12-18-15(11-19-16)13-7-3-1-4-8-13;1-16-9-7-15(8-10-16)11-14(19(2,17)18)12-5-3-4-6-13(12)15;1-15-8-6-14(7-9-15)10-13(16)11-4-2-3-5-12(11)14;1-15-8-6-14(7-9-15)12-5-3-2-4-11(12)10-13(14)16/h2-10,16-17,22H,11-15H2,1H3,(H,27,28,30);1-12H,(H,19,20,21);3-6,14H,7-11H2,1-2H3;2*2-5,13,16H,6-10H2,1H3. The van der Waals surface area contributed by atoms with Crippen molar-refractivity contribution in [2.45, 2.75) is 121 Å². The van der Waals surface area contributed by atoms with Crippen LogP contribution in [-0.4, -0.2) is 171 Å². The minimum atomic E-state index is -3.19. The summed E-state index contributed by atoms with van der Waals surface area (Å²) >= 11 is 0. The lowest BCUT2D eigenvalue weighted by molar-refractivity contribution is 0.0500. The SMILES string of the molecule is CN1CCC2(CC1)CC(O)c1ccccc12.CN1CCC2(CC1)CC(S(C)(=O)=O)c1ccccc12.CN1CCC2(CC1)c1ccccc1CC2O.CS(=O)(=O)C1CC2(CCN(C(=O)Nc3cnc(-c4ccccc4)cn3)CC2)c2ccccc21.O=C(Nc1cnc(-c2ccccc2)cn1)Oc1ccccc1. The van der Waals surface area contributed by atoms with Crippen LogP contribution in [0.3, 0.4) is 0 Å². The molecule has 4 saturated heterocycles. The van der Waals surface area contributed by atoms with Gasteiger partial charge in [-0.05, 0) is 200 Å². The quantitative estimate of drug-likeness (QED) is 0.116. The van der Waals surface area contributed by atoms with Crippen molar-refractivity contribution in [3.63, 3.8) is 0 Å². The van der Waals surface area contributed by atoms with Crippen LogP contribution in [0.15, 0.2) is 213 Å². The molecule has 21 heteroatoms. The molecule has 7 aromatic carbocycles. The number of carbonyl (C=O) groups excluding carboxylic acids is 2. The summed E-state index contributed by atoms with van der Waals surface area (Å²) in [6, 6.07) is 61.1. The number of carbonyl (C=O) groups is 2. The summed E-state index contributed by atoms with van der Waals surface area (Å²) in [6.07, 6.45) is 19.4. The number of piperidine rings is 4.